The molecule has 1 aromatic carbocycles. The van der Waals surface area contributed by atoms with E-state index in [4.69, 9.17) is 4.74 Å². The van der Waals surface area contributed by atoms with Crippen molar-refractivity contribution in [3.8, 4) is 0 Å². The van der Waals surface area contributed by atoms with E-state index < -0.39 is 23.8 Å². The number of nitrogens with one attached hydrogen (secondary N) is 3. The summed E-state index contributed by atoms with van der Waals surface area (Å²) in [5.74, 6) is -1.93. The van der Waals surface area contributed by atoms with Crippen LogP contribution in [-0.4, -0.2) is 65.9 Å². The van der Waals surface area contributed by atoms with Crippen molar-refractivity contribution in [1.29, 1.82) is 0 Å². The molecule has 1 saturated carbocycles. The molecule has 4 amide bonds. The van der Waals surface area contributed by atoms with Gasteiger partial charge in [0.05, 0.1) is 23.8 Å². The Morgan fingerprint density at radius 3 is 2.70 bits per heavy atom. The molecule has 3 aliphatic heterocycles. The summed E-state index contributed by atoms with van der Waals surface area (Å²) in [6.45, 7) is 2.76. The van der Waals surface area contributed by atoms with Gasteiger partial charge in [-0.3, -0.25) is 29.4 Å². The predicted molar refractivity (Wildman–Crippen MR) is 105 cm³/mol. The Labute approximate surface area is 173 Å². The van der Waals surface area contributed by atoms with Gasteiger partial charge in [-0.2, -0.15) is 0 Å². The summed E-state index contributed by atoms with van der Waals surface area (Å²) < 4.78 is 5.92. The standard InChI is InChI=1S/C21H24N4O5/c26-16-5-4-14(18(27)24-16)25-19(28)13-3-1-2-12(17(13)20(25)29)10-23-21(6-7-21)15-11-22-8-9-30-15/h1-3,14-15,22-23H,4-11H2,(H,24,26,27). The van der Waals surface area contributed by atoms with Crippen molar-refractivity contribution in [1.82, 2.24) is 20.9 Å². The van der Waals surface area contributed by atoms with Crippen LogP contribution in [0.15, 0.2) is 18.2 Å². The highest BCUT2D eigenvalue weighted by atomic mass is 16.5. The number of benzene rings is 1. The molecule has 0 aromatic heterocycles. The van der Waals surface area contributed by atoms with Crippen LogP contribution < -0.4 is 16.0 Å². The number of rotatable bonds is 5. The topological polar surface area (TPSA) is 117 Å². The zero-order chi connectivity index (χ0) is 20.9. The van der Waals surface area contributed by atoms with E-state index in [0.29, 0.717) is 24.3 Å². The van der Waals surface area contributed by atoms with Crippen LogP contribution in [0.1, 0.15) is 52.0 Å². The Morgan fingerprint density at radius 1 is 1.17 bits per heavy atom. The highest BCUT2D eigenvalue weighted by molar-refractivity contribution is 6.24. The summed E-state index contributed by atoms with van der Waals surface area (Å²) in [6.07, 6.45) is 2.35. The van der Waals surface area contributed by atoms with Gasteiger partial charge >= 0.3 is 0 Å². The second kappa shape index (κ2) is 7.26. The van der Waals surface area contributed by atoms with E-state index in [9.17, 15) is 19.2 Å². The molecule has 0 spiro atoms. The van der Waals surface area contributed by atoms with Gasteiger partial charge in [-0.05, 0) is 30.9 Å². The molecular formula is C21H24N4O5. The van der Waals surface area contributed by atoms with Crippen LogP contribution in [-0.2, 0) is 20.9 Å². The first-order chi connectivity index (χ1) is 14.5. The normalized spacial score (nSPS) is 27.8. The van der Waals surface area contributed by atoms with Crippen molar-refractivity contribution >= 4 is 23.6 Å². The third-order valence-electron chi connectivity index (χ3n) is 6.52. The van der Waals surface area contributed by atoms with E-state index in [-0.39, 0.29) is 30.4 Å². The number of amides is 4. The zero-order valence-electron chi connectivity index (χ0n) is 16.5. The van der Waals surface area contributed by atoms with Gasteiger partial charge in [-0.1, -0.05) is 12.1 Å². The summed E-state index contributed by atoms with van der Waals surface area (Å²) in [5, 5.41) is 9.13. The van der Waals surface area contributed by atoms with Crippen molar-refractivity contribution in [2.24, 2.45) is 0 Å². The SMILES string of the molecule is O=C1CCC(N2C(=O)c3cccc(CNC4(C5CNCCO5)CC4)c3C2=O)C(=O)N1. The maximum Gasteiger partial charge on any atom is 0.262 e. The molecule has 3 N–H and O–H groups in total. The Bertz CT molecular complexity index is 935. The molecule has 3 fully saturated rings. The van der Waals surface area contributed by atoms with Crippen LogP contribution in [0.25, 0.3) is 0 Å². The molecule has 0 radical (unpaired) electrons. The summed E-state index contributed by atoms with van der Waals surface area (Å²) in [7, 11) is 0. The van der Waals surface area contributed by atoms with Gasteiger partial charge in [0.2, 0.25) is 11.8 Å². The number of nitrogens with zero attached hydrogens (tertiary/aromatic N) is 1. The zero-order valence-corrected chi connectivity index (χ0v) is 16.5. The van der Waals surface area contributed by atoms with Crippen LogP contribution in [0.4, 0.5) is 0 Å². The monoisotopic (exact) mass is 412 g/mol. The smallest absolute Gasteiger partial charge is 0.262 e. The van der Waals surface area contributed by atoms with E-state index in [2.05, 4.69) is 16.0 Å². The molecule has 2 saturated heterocycles. The van der Waals surface area contributed by atoms with Gasteiger partial charge < -0.3 is 15.4 Å². The van der Waals surface area contributed by atoms with E-state index in [0.717, 1.165) is 36.4 Å². The van der Waals surface area contributed by atoms with Crippen LogP contribution in [0, 0.1) is 0 Å². The molecule has 9 heteroatoms. The minimum atomic E-state index is -0.951. The van der Waals surface area contributed by atoms with Crippen LogP contribution in [0.3, 0.4) is 0 Å². The Morgan fingerprint density at radius 2 is 2.00 bits per heavy atom. The largest absolute Gasteiger partial charge is 0.374 e. The molecule has 9 nitrogen and oxygen atoms in total. The van der Waals surface area contributed by atoms with Gasteiger partial charge in [0.15, 0.2) is 0 Å². The van der Waals surface area contributed by atoms with Crippen LogP contribution >= 0.6 is 0 Å². The van der Waals surface area contributed by atoms with Gasteiger partial charge in [0.1, 0.15) is 6.04 Å². The number of imide groups is 2. The van der Waals surface area contributed by atoms with Crippen LogP contribution in [0.5, 0.6) is 0 Å². The number of morpholine rings is 1. The fraction of sp³-hybridized carbons (Fsp3) is 0.524. The van der Waals surface area contributed by atoms with Crippen molar-refractivity contribution < 1.29 is 23.9 Å². The van der Waals surface area contributed by atoms with E-state index >= 15 is 0 Å². The van der Waals surface area contributed by atoms with Crippen molar-refractivity contribution in [2.75, 3.05) is 19.7 Å². The first-order valence-corrected chi connectivity index (χ1v) is 10.4. The Hall–Kier alpha value is -2.62. The molecular weight excluding hydrogens is 388 g/mol. The summed E-state index contributed by atoms with van der Waals surface area (Å²) in [4.78, 5) is 50.8. The molecule has 158 valence electrons. The summed E-state index contributed by atoms with van der Waals surface area (Å²) in [5.41, 5.74) is 1.28. The number of piperidine rings is 1. The molecule has 30 heavy (non-hydrogen) atoms. The van der Waals surface area contributed by atoms with E-state index in [1.54, 1.807) is 12.1 Å². The van der Waals surface area contributed by atoms with Gasteiger partial charge in [-0.25, -0.2) is 0 Å². The second-order valence-corrected chi connectivity index (χ2v) is 8.36. The lowest BCUT2D eigenvalue weighted by atomic mass is 10.0. The number of carbonyl (C=O) groups is 4. The van der Waals surface area contributed by atoms with E-state index in [1.165, 1.54) is 0 Å². The maximum atomic E-state index is 13.2. The third-order valence-corrected chi connectivity index (χ3v) is 6.52. The molecule has 2 atom stereocenters. The summed E-state index contributed by atoms with van der Waals surface area (Å²) in [6, 6.07) is 4.26. The third kappa shape index (κ3) is 3.13. The highest BCUT2D eigenvalue weighted by Gasteiger charge is 2.51. The molecule has 2 unspecified atom stereocenters. The molecule has 0 bridgehead atoms. The number of ether oxygens (including phenoxy) is 1. The van der Waals surface area contributed by atoms with Crippen molar-refractivity contribution in [2.45, 2.75) is 49.9 Å². The fourth-order valence-corrected chi connectivity index (χ4v) is 4.67. The quantitative estimate of drug-likeness (QED) is 0.569. The van der Waals surface area contributed by atoms with Crippen molar-refractivity contribution in [3.63, 3.8) is 0 Å². The molecule has 3 heterocycles. The molecule has 1 aromatic rings. The molecule has 5 rings (SSSR count). The number of carbonyl (C=O) groups excluding carboxylic acids is 4. The lowest BCUT2D eigenvalue weighted by Crippen LogP contribution is -2.54. The minimum Gasteiger partial charge on any atom is -0.374 e. The summed E-state index contributed by atoms with van der Waals surface area (Å²) >= 11 is 0. The Balaban J connectivity index is 1.36. The Kier molecular flexibility index (Phi) is 4.68. The van der Waals surface area contributed by atoms with Gasteiger partial charge in [0, 0.05) is 31.6 Å². The number of fused-ring (bicyclic) bond motifs is 1. The average Bonchev–Trinajstić information content (AvgIpc) is 3.50. The van der Waals surface area contributed by atoms with Crippen molar-refractivity contribution in [3.05, 3.63) is 34.9 Å². The van der Waals surface area contributed by atoms with Gasteiger partial charge in [-0.15, -0.1) is 0 Å². The molecule has 4 aliphatic rings. The highest BCUT2D eigenvalue weighted by Crippen LogP contribution is 2.41. The average molecular weight is 412 g/mol. The van der Waals surface area contributed by atoms with E-state index in [1.807, 2.05) is 6.07 Å². The minimum absolute atomic E-state index is 0.0836. The number of hydrogen-bond donors (Lipinski definition) is 3. The second-order valence-electron chi connectivity index (χ2n) is 8.36. The van der Waals surface area contributed by atoms with Crippen LogP contribution in [0.2, 0.25) is 0 Å². The predicted octanol–water partition coefficient (Wildman–Crippen LogP) is -0.302. The molecule has 1 aliphatic carbocycles. The number of hydrogen-bond acceptors (Lipinski definition) is 7. The first kappa shape index (κ1) is 19.3. The lowest BCUT2D eigenvalue weighted by molar-refractivity contribution is -0.136. The van der Waals surface area contributed by atoms with Gasteiger partial charge in [0.25, 0.3) is 11.8 Å². The lowest BCUT2D eigenvalue weighted by Gasteiger charge is -2.32. The maximum absolute atomic E-state index is 13.2. The fourth-order valence-electron chi connectivity index (χ4n) is 4.67. The first-order valence-electron chi connectivity index (χ1n) is 10.4.